The second kappa shape index (κ2) is 6.84. The molecule has 7 heteroatoms. The molecule has 3 aromatic heterocycles. The lowest BCUT2D eigenvalue weighted by molar-refractivity contribution is 0.187. The van der Waals surface area contributed by atoms with Crippen molar-refractivity contribution in [3.05, 3.63) is 54.4 Å². The lowest BCUT2D eigenvalue weighted by Crippen LogP contribution is -2.32. The fourth-order valence-corrected chi connectivity index (χ4v) is 3.03. The van der Waals surface area contributed by atoms with Crippen LogP contribution in [-0.4, -0.2) is 43.3 Å². The summed E-state index contributed by atoms with van der Waals surface area (Å²) < 4.78 is 5.47. The van der Waals surface area contributed by atoms with E-state index in [1.807, 2.05) is 18.3 Å². The molecule has 0 N–H and O–H groups in total. The molecule has 0 unspecified atom stereocenters. The fourth-order valence-electron chi connectivity index (χ4n) is 3.03. The predicted octanol–water partition coefficient (Wildman–Crippen LogP) is 2.30. The average Bonchev–Trinajstić information content (AvgIpc) is 3.14. The van der Waals surface area contributed by atoms with Gasteiger partial charge in [0.2, 0.25) is 11.7 Å². The van der Waals surface area contributed by atoms with Crippen LogP contribution >= 0.6 is 0 Å². The van der Waals surface area contributed by atoms with E-state index in [4.69, 9.17) is 4.52 Å². The third-order valence-corrected chi connectivity index (χ3v) is 4.35. The molecule has 1 saturated heterocycles. The van der Waals surface area contributed by atoms with Gasteiger partial charge in [0.15, 0.2) is 0 Å². The van der Waals surface area contributed by atoms with Crippen molar-refractivity contribution in [1.82, 2.24) is 30.2 Å². The minimum Gasteiger partial charge on any atom is -0.339 e. The third kappa shape index (κ3) is 3.30. The molecule has 7 nitrogen and oxygen atoms in total. The maximum atomic E-state index is 5.47. The highest BCUT2D eigenvalue weighted by Gasteiger charge is 2.25. The summed E-state index contributed by atoms with van der Waals surface area (Å²) >= 11 is 0. The van der Waals surface area contributed by atoms with Crippen molar-refractivity contribution in [2.45, 2.75) is 25.3 Å². The largest absolute Gasteiger partial charge is 0.339 e. The Kier molecular flexibility index (Phi) is 4.24. The minimum absolute atomic E-state index is 0.325. The molecule has 0 saturated carbocycles. The first kappa shape index (κ1) is 14.9. The first-order valence-corrected chi connectivity index (χ1v) is 8.10. The molecule has 0 aromatic carbocycles. The fraction of sp³-hybridized carbons (Fsp3) is 0.353. The summed E-state index contributed by atoms with van der Waals surface area (Å²) in [7, 11) is 0. The van der Waals surface area contributed by atoms with Gasteiger partial charge in [-0.25, -0.2) is 0 Å². The van der Waals surface area contributed by atoms with Crippen LogP contribution in [0.15, 0.2) is 47.5 Å². The zero-order chi connectivity index (χ0) is 16.2. The molecule has 0 aliphatic carbocycles. The number of aromatic nitrogens is 5. The number of piperidine rings is 1. The van der Waals surface area contributed by atoms with Gasteiger partial charge in [0.25, 0.3) is 0 Å². The molecule has 4 heterocycles. The van der Waals surface area contributed by atoms with Crippen molar-refractivity contribution in [3.63, 3.8) is 0 Å². The van der Waals surface area contributed by atoms with Crippen LogP contribution in [0.2, 0.25) is 0 Å². The van der Waals surface area contributed by atoms with Crippen LogP contribution in [0, 0.1) is 0 Å². The number of nitrogens with zero attached hydrogens (tertiary/aromatic N) is 6. The van der Waals surface area contributed by atoms with Crippen LogP contribution in [0.25, 0.3) is 11.4 Å². The van der Waals surface area contributed by atoms with E-state index < -0.39 is 0 Å². The van der Waals surface area contributed by atoms with Crippen LogP contribution in [0.3, 0.4) is 0 Å². The second-order valence-electron chi connectivity index (χ2n) is 6.00. The highest BCUT2D eigenvalue weighted by atomic mass is 16.5. The van der Waals surface area contributed by atoms with E-state index in [2.05, 4.69) is 36.3 Å². The van der Waals surface area contributed by atoms with Crippen LogP contribution in [0.1, 0.15) is 30.2 Å². The van der Waals surface area contributed by atoms with E-state index in [-0.39, 0.29) is 0 Å². The molecule has 0 radical (unpaired) electrons. The Morgan fingerprint density at radius 3 is 2.75 bits per heavy atom. The molecule has 24 heavy (non-hydrogen) atoms. The van der Waals surface area contributed by atoms with Gasteiger partial charge in [0.05, 0.1) is 12.4 Å². The Labute approximate surface area is 139 Å². The van der Waals surface area contributed by atoms with Crippen molar-refractivity contribution >= 4 is 0 Å². The van der Waals surface area contributed by atoms with E-state index >= 15 is 0 Å². The smallest absolute Gasteiger partial charge is 0.230 e. The maximum absolute atomic E-state index is 5.47. The number of likely N-dealkylation sites (tertiary alicyclic amines) is 1. The quantitative estimate of drug-likeness (QED) is 0.729. The van der Waals surface area contributed by atoms with Gasteiger partial charge in [-0.3, -0.25) is 9.88 Å². The number of hydrogen-bond acceptors (Lipinski definition) is 7. The van der Waals surface area contributed by atoms with Gasteiger partial charge in [-0.05, 0) is 43.6 Å². The summed E-state index contributed by atoms with van der Waals surface area (Å²) in [4.78, 5) is 11.2. The molecular formula is C17H18N6O. The van der Waals surface area contributed by atoms with E-state index in [0.717, 1.165) is 43.9 Å². The Morgan fingerprint density at radius 1 is 1.08 bits per heavy atom. The van der Waals surface area contributed by atoms with E-state index in [1.165, 1.54) is 5.56 Å². The van der Waals surface area contributed by atoms with Crippen molar-refractivity contribution in [3.8, 4) is 11.4 Å². The summed E-state index contributed by atoms with van der Waals surface area (Å²) in [5, 5.41) is 11.7. The standard InChI is InChI=1S/C17H18N6O/c1-2-13(10-18-6-1)12-23-8-4-14(5-9-23)17-21-16(22-24-17)15-3-7-19-20-11-15/h1-3,6-7,10-11,14H,4-5,8-9,12H2. The van der Waals surface area contributed by atoms with Crippen LogP contribution in [0.4, 0.5) is 0 Å². The summed E-state index contributed by atoms with van der Waals surface area (Å²) in [5.41, 5.74) is 2.08. The topological polar surface area (TPSA) is 80.8 Å². The first-order valence-electron chi connectivity index (χ1n) is 8.10. The van der Waals surface area contributed by atoms with Crippen LogP contribution < -0.4 is 0 Å². The van der Waals surface area contributed by atoms with E-state index in [9.17, 15) is 0 Å². The first-order chi connectivity index (χ1) is 11.9. The van der Waals surface area contributed by atoms with Crippen molar-refractivity contribution in [2.24, 2.45) is 0 Å². The molecule has 1 fully saturated rings. The predicted molar refractivity (Wildman–Crippen MR) is 86.8 cm³/mol. The minimum atomic E-state index is 0.325. The average molecular weight is 322 g/mol. The van der Waals surface area contributed by atoms with Gasteiger partial charge in [-0.15, -0.1) is 0 Å². The van der Waals surface area contributed by atoms with Crippen LogP contribution in [0.5, 0.6) is 0 Å². The molecule has 4 rings (SSSR count). The van der Waals surface area contributed by atoms with E-state index in [1.54, 1.807) is 18.6 Å². The number of rotatable bonds is 4. The third-order valence-electron chi connectivity index (χ3n) is 4.35. The molecule has 1 aliphatic heterocycles. The van der Waals surface area contributed by atoms with Gasteiger partial charge in [0.1, 0.15) is 0 Å². The molecule has 0 spiro atoms. The molecule has 122 valence electrons. The summed E-state index contributed by atoms with van der Waals surface area (Å²) in [6, 6.07) is 5.93. The van der Waals surface area contributed by atoms with Crippen molar-refractivity contribution in [1.29, 1.82) is 0 Å². The monoisotopic (exact) mass is 322 g/mol. The zero-order valence-corrected chi connectivity index (χ0v) is 13.2. The molecule has 1 aliphatic rings. The Hall–Kier alpha value is -2.67. The molecular weight excluding hydrogens is 304 g/mol. The number of hydrogen-bond donors (Lipinski definition) is 0. The van der Waals surface area contributed by atoms with Gasteiger partial charge in [-0.2, -0.15) is 15.2 Å². The molecule has 0 atom stereocenters. The summed E-state index contributed by atoms with van der Waals surface area (Å²) in [6.07, 6.45) is 9.06. The summed E-state index contributed by atoms with van der Waals surface area (Å²) in [5.74, 6) is 1.63. The molecule has 0 amide bonds. The van der Waals surface area contributed by atoms with Crippen molar-refractivity contribution in [2.75, 3.05) is 13.1 Å². The van der Waals surface area contributed by atoms with Gasteiger partial charge in [0, 0.05) is 30.4 Å². The van der Waals surface area contributed by atoms with Crippen LogP contribution in [-0.2, 0) is 6.54 Å². The lowest BCUT2D eigenvalue weighted by atomic mass is 9.96. The normalized spacial score (nSPS) is 16.3. The number of pyridine rings is 1. The molecule has 0 bridgehead atoms. The van der Waals surface area contributed by atoms with Gasteiger partial charge >= 0.3 is 0 Å². The van der Waals surface area contributed by atoms with E-state index in [0.29, 0.717) is 11.7 Å². The van der Waals surface area contributed by atoms with Gasteiger partial charge < -0.3 is 4.52 Å². The zero-order valence-electron chi connectivity index (χ0n) is 13.2. The highest BCUT2D eigenvalue weighted by molar-refractivity contribution is 5.51. The Bertz CT molecular complexity index is 768. The maximum Gasteiger partial charge on any atom is 0.230 e. The highest BCUT2D eigenvalue weighted by Crippen LogP contribution is 2.28. The Morgan fingerprint density at radius 2 is 2.00 bits per heavy atom. The van der Waals surface area contributed by atoms with Gasteiger partial charge in [-0.1, -0.05) is 11.2 Å². The van der Waals surface area contributed by atoms with Crippen molar-refractivity contribution < 1.29 is 4.52 Å². The lowest BCUT2D eigenvalue weighted by Gasteiger charge is -2.30. The second-order valence-corrected chi connectivity index (χ2v) is 6.00. The Balaban J connectivity index is 1.37. The molecule has 3 aromatic rings. The summed E-state index contributed by atoms with van der Waals surface area (Å²) in [6.45, 7) is 2.99. The SMILES string of the molecule is c1cncc(CN2CCC(c3nc(-c4ccnnc4)no3)CC2)c1.